The van der Waals surface area contributed by atoms with E-state index in [0.29, 0.717) is 5.56 Å². The Morgan fingerprint density at radius 1 is 1.62 bits per heavy atom. The molecule has 0 radical (unpaired) electrons. The second-order valence-corrected chi connectivity index (χ2v) is 2.35. The van der Waals surface area contributed by atoms with E-state index in [1.54, 1.807) is 0 Å². The third-order valence-electron chi connectivity index (χ3n) is 1.35. The van der Waals surface area contributed by atoms with Crippen molar-refractivity contribution in [2.45, 2.75) is 6.42 Å². The summed E-state index contributed by atoms with van der Waals surface area (Å²) in [5.41, 5.74) is 0.443. The van der Waals surface area contributed by atoms with Gasteiger partial charge in [0.2, 0.25) is 0 Å². The minimum absolute atomic E-state index is 0.176. The molecule has 0 unspecified atom stereocenters. The van der Waals surface area contributed by atoms with Gasteiger partial charge in [-0.15, -0.1) is 0 Å². The van der Waals surface area contributed by atoms with Crippen LogP contribution in [-0.2, 0) is 11.2 Å². The van der Waals surface area contributed by atoms with Gasteiger partial charge >= 0.3 is 11.8 Å². The lowest BCUT2D eigenvalue weighted by atomic mass is 10.2. The number of rotatable bonds is 3. The van der Waals surface area contributed by atoms with Gasteiger partial charge in [0.05, 0.1) is 6.42 Å². The first kappa shape index (κ1) is 9.11. The molecule has 0 spiro atoms. The predicted octanol–water partition coefficient (Wildman–Crippen LogP) is 0.617. The van der Waals surface area contributed by atoms with E-state index in [9.17, 15) is 14.9 Å². The van der Waals surface area contributed by atoms with E-state index >= 15 is 0 Å². The van der Waals surface area contributed by atoms with E-state index in [2.05, 4.69) is 4.98 Å². The van der Waals surface area contributed by atoms with Crippen LogP contribution in [0.2, 0.25) is 0 Å². The molecule has 0 saturated carbocycles. The number of carboxylic acid groups (broad SMARTS) is 1. The Balaban J connectivity index is 2.81. The molecule has 1 heterocycles. The molecular formula is C7H6N2O4. The van der Waals surface area contributed by atoms with Crippen LogP contribution in [0.25, 0.3) is 0 Å². The van der Waals surface area contributed by atoms with Crippen LogP contribution in [0.15, 0.2) is 18.3 Å². The van der Waals surface area contributed by atoms with Gasteiger partial charge in [-0.05, 0) is 16.0 Å². The highest BCUT2D eigenvalue weighted by Gasteiger charge is 2.07. The maximum atomic E-state index is 10.2. The normalized spacial score (nSPS) is 9.54. The number of nitro groups is 1. The molecular weight excluding hydrogens is 176 g/mol. The fourth-order valence-corrected chi connectivity index (χ4v) is 0.804. The molecule has 0 saturated heterocycles. The van der Waals surface area contributed by atoms with Gasteiger partial charge in [-0.3, -0.25) is 4.79 Å². The largest absolute Gasteiger partial charge is 0.481 e. The number of hydrogen-bond donors (Lipinski definition) is 1. The smallest absolute Gasteiger partial charge is 0.363 e. The van der Waals surface area contributed by atoms with Gasteiger partial charge in [-0.2, -0.15) is 0 Å². The highest BCUT2D eigenvalue weighted by atomic mass is 16.6. The predicted molar refractivity (Wildman–Crippen MR) is 42.2 cm³/mol. The summed E-state index contributed by atoms with van der Waals surface area (Å²) < 4.78 is 0. The molecule has 0 aromatic carbocycles. The summed E-state index contributed by atoms with van der Waals surface area (Å²) in [4.78, 5) is 23.2. The zero-order valence-electron chi connectivity index (χ0n) is 6.51. The second-order valence-electron chi connectivity index (χ2n) is 2.35. The lowest BCUT2D eigenvalue weighted by molar-refractivity contribution is -0.389. The van der Waals surface area contributed by atoms with Crippen molar-refractivity contribution < 1.29 is 14.8 Å². The van der Waals surface area contributed by atoms with Crippen molar-refractivity contribution in [1.29, 1.82) is 0 Å². The number of nitrogens with zero attached hydrogens (tertiary/aromatic N) is 2. The molecule has 1 aromatic rings. The molecule has 6 heteroatoms. The Morgan fingerprint density at radius 3 is 2.69 bits per heavy atom. The summed E-state index contributed by atoms with van der Waals surface area (Å²) in [5, 5.41) is 18.5. The molecule has 0 atom stereocenters. The minimum Gasteiger partial charge on any atom is -0.481 e. The number of carboxylic acids is 1. The Bertz CT molecular complexity index is 333. The highest BCUT2D eigenvalue weighted by Crippen LogP contribution is 2.07. The SMILES string of the molecule is O=C(O)Cc1ccc([N+](=O)[O-])nc1. The van der Waals surface area contributed by atoms with E-state index in [1.807, 2.05) is 0 Å². The first-order chi connectivity index (χ1) is 6.09. The quantitative estimate of drug-likeness (QED) is 0.546. The van der Waals surface area contributed by atoms with Crippen LogP contribution in [-0.4, -0.2) is 21.0 Å². The van der Waals surface area contributed by atoms with E-state index in [-0.39, 0.29) is 12.2 Å². The molecule has 1 aromatic heterocycles. The fraction of sp³-hybridized carbons (Fsp3) is 0.143. The molecule has 1 rings (SSSR count). The van der Waals surface area contributed by atoms with Crippen LogP contribution in [0.1, 0.15) is 5.56 Å². The Hall–Kier alpha value is -1.98. The zero-order chi connectivity index (χ0) is 9.84. The molecule has 13 heavy (non-hydrogen) atoms. The van der Waals surface area contributed by atoms with E-state index in [0.717, 1.165) is 0 Å². The second kappa shape index (κ2) is 3.61. The average molecular weight is 182 g/mol. The van der Waals surface area contributed by atoms with Gasteiger partial charge in [0.1, 0.15) is 6.20 Å². The van der Waals surface area contributed by atoms with Crippen molar-refractivity contribution in [3.63, 3.8) is 0 Å². The molecule has 0 bridgehead atoms. The Kier molecular flexibility index (Phi) is 2.53. The van der Waals surface area contributed by atoms with Crippen LogP contribution in [0.3, 0.4) is 0 Å². The van der Waals surface area contributed by atoms with Crippen LogP contribution in [0.4, 0.5) is 5.82 Å². The zero-order valence-corrected chi connectivity index (χ0v) is 6.51. The van der Waals surface area contributed by atoms with Crippen molar-refractivity contribution in [2.24, 2.45) is 0 Å². The summed E-state index contributed by atoms with van der Waals surface area (Å²) in [6, 6.07) is 2.55. The number of aromatic nitrogens is 1. The van der Waals surface area contributed by atoms with Crippen molar-refractivity contribution in [1.82, 2.24) is 4.98 Å². The number of hydrogen-bond acceptors (Lipinski definition) is 4. The third-order valence-corrected chi connectivity index (χ3v) is 1.35. The Labute approximate surface area is 73.0 Å². The first-order valence-corrected chi connectivity index (χ1v) is 3.40. The Morgan fingerprint density at radius 2 is 2.31 bits per heavy atom. The first-order valence-electron chi connectivity index (χ1n) is 3.40. The average Bonchev–Trinajstić information content (AvgIpc) is 2.04. The van der Waals surface area contributed by atoms with Gasteiger partial charge in [-0.1, -0.05) is 0 Å². The molecule has 68 valence electrons. The van der Waals surface area contributed by atoms with Crippen LogP contribution < -0.4 is 0 Å². The molecule has 1 N–H and O–H groups in total. The fourth-order valence-electron chi connectivity index (χ4n) is 0.804. The molecule has 0 aliphatic rings. The third kappa shape index (κ3) is 2.51. The summed E-state index contributed by atoms with van der Waals surface area (Å²) in [6.45, 7) is 0. The number of aliphatic carboxylic acids is 1. The van der Waals surface area contributed by atoms with Gasteiger partial charge < -0.3 is 15.2 Å². The van der Waals surface area contributed by atoms with Crippen LogP contribution in [0.5, 0.6) is 0 Å². The molecule has 6 nitrogen and oxygen atoms in total. The van der Waals surface area contributed by atoms with Crippen LogP contribution >= 0.6 is 0 Å². The van der Waals surface area contributed by atoms with Crippen molar-refractivity contribution in [2.75, 3.05) is 0 Å². The van der Waals surface area contributed by atoms with Gasteiger partial charge in [0.15, 0.2) is 0 Å². The number of carbonyl (C=O) groups is 1. The molecule has 0 aliphatic carbocycles. The van der Waals surface area contributed by atoms with Gasteiger partial charge in [0.25, 0.3) is 0 Å². The summed E-state index contributed by atoms with van der Waals surface area (Å²) in [7, 11) is 0. The van der Waals surface area contributed by atoms with Gasteiger partial charge in [0, 0.05) is 11.6 Å². The topological polar surface area (TPSA) is 93.3 Å². The lowest BCUT2D eigenvalue weighted by Crippen LogP contribution is -2.01. The summed E-state index contributed by atoms with van der Waals surface area (Å²) in [5.74, 6) is -1.27. The van der Waals surface area contributed by atoms with Crippen molar-refractivity contribution in [3.05, 3.63) is 34.0 Å². The van der Waals surface area contributed by atoms with E-state index < -0.39 is 10.9 Å². The van der Waals surface area contributed by atoms with E-state index in [4.69, 9.17) is 5.11 Å². The molecule has 0 aliphatic heterocycles. The molecule has 0 fully saturated rings. The molecule has 0 amide bonds. The van der Waals surface area contributed by atoms with Crippen molar-refractivity contribution in [3.8, 4) is 0 Å². The summed E-state index contributed by atoms with van der Waals surface area (Å²) >= 11 is 0. The lowest BCUT2D eigenvalue weighted by Gasteiger charge is -1.93. The highest BCUT2D eigenvalue weighted by molar-refractivity contribution is 5.70. The maximum Gasteiger partial charge on any atom is 0.363 e. The standard InChI is InChI=1S/C7H6N2O4/c10-7(11)3-5-1-2-6(8-4-5)9(12)13/h1-2,4H,3H2,(H,10,11). The monoisotopic (exact) mass is 182 g/mol. The minimum atomic E-state index is -0.990. The maximum absolute atomic E-state index is 10.2. The van der Waals surface area contributed by atoms with Crippen molar-refractivity contribution >= 4 is 11.8 Å². The van der Waals surface area contributed by atoms with E-state index in [1.165, 1.54) is 18.3 Å². The van der Waals surface area contributed by atoms with Crippen LogP contribution in [0, 0.1) is 10.1 Å². The summed E-state index contributed by atoms with van der Waals surface area (Å²) in [6.07, 6.45) is 1.01. The van der Waals surface area contributed by atoms with Gasteiger partial charge in [-0.25, -0.2) is 0 Å². The number of pyridine rings is 1.